The molecule has 1 heterocycles. The van der Waals surface area contributed by atoms with E-state index in [2.05, 4.69) is 10.3 Å². The molecule has 0 amide bonds. The van der Waals surface area contributed by atoms with E-state index in [-0.39, 0.29) is 29.8 Å². The van der Waals surface area contributed by atoms with E-state index in [1.807, 2.05) is 6.92 Å². The van der Waals surface area contributed by atoms with E-state index in [9.17, 15) is 10.1 Å². The van der Waals surface area contributed by atoms with Crippen molar-refractivity contribution < 1.29 is 14.4 Å². The van der Waals surface area contributed by atoms with E-state index in [1.165, 1.54) is 0 Å². The van der Waals surface area contributed by atoms with Crippen LogP contribution >= 0.6 is 0 Å². The Morgan fingerprint density at radius 1 is 1.55 bits per heavy atom. The van der Waals surface area contributed by atoms with E-state index in [1.54, 1.807) is 26.2 Å². The molecule has 1 aliphatic rings. The first kappa shape index (κ1) is 14.7. The number of aryl methyl sites for hydroxylation is 1. The topological polar surface area (TPSA) is 86.5 Å². The number of ether oxygens (including phenoxy) is 2. The maximum Gasteiger partial charge on any atom is 0.406 e. The van der Waals surface area contributed by atoms with Gasteiger partial charge in [-0.25, -0.2) is 0 Å². The van der Waals surface area contributed by atoms with Crippen LogP contribution in [0.15, 0.2) is 12.1 Å². The van der Waals surface area contributed by atoms with E-state index >= 15 is 0 Å². The first-order valence-electron chi connectivity index (χ1n) is 6.61. The summed E-state index contributed by atoms with van der Waals surface area (Å²) in [6, 6.07) is 3.52. The van der Waals surface area contributed by atoms with Gasteiger partial charge in [0.1, 0.15) is 17.9 Å². The molecule has 2 rings (SSSR count). The zero-order chi connectivity index (χ0) is 14.7. The Hall–Kier alpha value is -1.73. The number of rotatable bonds is 6. The standard InChI is InChI=1S/C13H19N3O4/c1-4-14-9-7-11(12(9)19-3)20-10-6-5-8(2)15-13(10)16(17)18/h5-6,9,11-12,14H,4,7H2,1-3H3. The quantitative estimate of drug-likeness (QED) is 0.627. The van der Waals surface area contributed by atoms with Crippen molar-refractivity contribution in [1.29, 1.82) is 0 Å². The SMILES string of the molecule is CCNC1CC(Oc2ccc(C)nc2[N+](=O)[O-])C1OC. The molecule has 0 radical (unpaired) electrons. The Morgan fingerprint density at radius 2 is 2.30 bits per heavy atom. The summed E-state index contributed by atoms with van der Waals surface area (Å²) in [4.78, 5) is 14.4. The Balaban J connectivity index is 2.09. The number of pyridine rings is 1. The molecule has 1 saturated carbocycles. The molecule has 0 spiro atoms. The summed E-state index contributed by atoms with van der Waals surface area (Å²) in [6.07, 6.45) is 0.473. The molecule has 1 aromatic rings. The normalized spacial score (nSPS) is 25.1. The molecule has 0 aromatic carbocycles. The molecule has 7 nitrogen and oxygen atoms in total. The minimum atomic E-state index is -0.523. The molecule has 1 aliphatic carbocycles. The second kappa shape index (κ2) is 6.15. The lowest BCUT2D eigenvalue weighted by Gasteiger charge is -2.43. The average molecular weight is 281 g/mol. The minimum absolute atomic E-state index is 0.101. The van der Waals surface area contributed by atoms with Crippen molar-refractivity contribution in [2.45, 2.75) is 38.5 Å². The Morgan fingerprint density at radius 3 is 2.90 bits per heavy atom. The molecule has 0 bridgehead atoms. The number of likely N-dealkylation sites (N-methyl/N-ethyl adjacent to an activating group) is 1. The lowest BCUT2D eigenvalue weighted by atomic mass is 9.85. The van der Waals surface area contributed by atoms with Crippen molar-refractivity contribution in [1.82, 2.24) is 10.3 Å². The van der Waals surface area contributed by atoms with Gasteiger partial charge in [0, 0.05) is 26.5 Å². The van der Waals surface area contributed by atoms with Crippen molar-refractivity contribution >= 4 is 5.82 Å². The third-order valence-electron chi connectivity index (χ3n) is 3.42. The smallest absolute Gasteiger partial charge is 0.406 e. The average Bonchev–Trinajstić information content (AvgIpc) is 2.39. The summed E-state index contributed by atoms with van der Waals surface area (Å²) in [5.74, 6) is -0.0469. The highest BCUT2D eigenvalue weighted by atomic mass is 16.6. The van der Waals surface area contributed by atoms with Crippen molar-refractivity contribution in [3.63, 3.8) is 0 Å². The lowest BCUT2D eigenvalue weighted by Crippen LogP contribution is -2.60. The maximum atomic E-state index is 11.0. The largest absolute Gasteiger partial charge is 0.479 e. The van der Waals surface area contributed by atoms with Crippen molar-refractivity contribution in [2.75, 3.05) is 13.7 Å². The lowest BCUT2D eigenvalue weighted by molar-refractivity contribution is -0.391. The predicted octanol–water partition coefficient (Wildman–Crippen LogP) is 1.44. The monoisotopic (exact) mass is 281 g/mol. The molecular formula is C13H19N3O4. The fourth-order valence-electron chi connectivity index (χ4n) is 2.39. The molecule has 1 N–H and O–H groups in total. The van der Waals surface area contributed by atoms with E-state index in [4.69, 9.17) is 9.47 Å². The van der Waals surface area contributed by atoms with Crippen molar-refractivity contribution in [3.05, 3.63) is 27.9 Å². The third-order valence-corrected chi connectivity index (χ3v) is 3.42. The van der Waals surface area contributed by atoms with Crippen LogP contribution in [-0.2, 0) is 4.74 Å². The summed E-state index contributed by atoms with van der Waals surface area (Å²) < 4.78 is 11.1. The minimum Gasteiger partial charge on any atom is -0.479 e. The van der Waals surface area contributed by atoms with Gasteiger partial charge in [-0.1, -0.05) is 6.92 Å². The van der Waals surface area contributed by atoms with E-state index in [0.717, 1.165) is 13.0 Å². The van der Waals surface area contributed by atoms with Gasteiger partial charge in [0.15, 0.2) is 0 Å². The molecule has 7 heteroatoms. The van der Waals surface area contributed by atoms with Crippen LogP contribution in [0.5, 0.6) is 5.75 Å². The summed E-state index contributed by atoms with van der Waals surface area (Å²) in [5, 5.41) is 14.3. The number of nitrogens with zero attached hydrogens (tertiary/aromatic N) is 2. The van der Waals surface area contributed by atoms with Gasteiger partial charge in [-0.15, -0.1) is 0 Å². The summed E-state index contributed by atoms with van der Waals surface area (Å²) in [7, 11) is 1.62. The second-order valence-electron chi connectivity index (χ2n) is 4.79. The number of methoxy groups -OCH3 is 1. The van der Waals surface area contributed by atoms with Crippen LogP contribution in [0.3, 0.4) is 0 Å². The maximum absolute atomic E-state index is 11.0. The van der Waals surface area contributed by atoms with Crippen LogP contribution in [0, 0.1) is 17.0 Å². The third kappa shape index (κ3) is 2.88. The van der Waals surface area contributed by atoms with Gasteiger partial charge < -0.3 is 24.9 Å². The van der Waals surface area contributed by atoms with Gasteiger partial charge >= 0.3 is 5.82 Å². The molecule has 110 valence electrons. The van der Waals surface area contributed by atoms with Crippen molar-refractivity contribution in [2.24, 2.45) is 0 Å². The number of nitrogens with one attached hydrogen (secondary N) is 1. The molecule has 1 aromatic heterocycles. The number of aromatic nitrogens is 1. The summed E-state index contributed by atoms with van der Waals surface area (Å²) >= 11 is 0. The zero-order valence-corrected chi connectivity index (χ0v) is 11.8. The van der Waals surface area contributed by atoms with Crippen LogP contribution in [0.25, 0.3) is 0 Å². The van der Waals surface area contributed by atoms with E-state index in [0.29, 0.717) is 5.69 Å². The van der Waals surface area contributed by atoms with Gasteiger partial charge in [0.2, 0.25) is 5.75 Å². The summed E-state index contributed by atoms with van der Waals surface area (Å²) in [6.45, 7) is 4.58. The Kier molecular flexibility index (Phi) is 4.51. The van der Waals surface area contributed by atoms with Gasteiger partial charge in [-0.2, -0.15) is 0 Å². The first-order valence-corrected chi connectivity index (χ1v) is 6.61. The predicted molar refractivity (Wildman–Crippen MR) is 72.9 cm³/mol. The fourth-order valence-corrected chi connectivity index (χ4v) is 2.39. The molecule has 0 saturated heterocycles. The van der Waals surface area contributed by atoms with E-state index < -0.39 is 4.92 Å². The van der Waals surface area contributed by atoms with Crippen LogP contribution in [0.4, 0.5) is 5.82 Å². The summed E-state index contributed by atoms with van der Waals surface area (Å²) in [5.41, 5.74) is 0.589. The van der Waals surface area contributed by atoms with Crippen LogP contribution < -0.4 is 10.1 Å². The molecule has 3 atom stereocenters. The molecular weight excluding hydrogens is 262 g/mol. The highest BCUT2D eigenvalue weighted by Crippen LogP contribution is 2.32. The van der Waals surface area contributed by atoms with Crippen LogP contribution in [0.1, 0.15) is 19.0 Å². The van der Waals surface area contributed by atoms with Gasteiger partial charge in [-0.05, 0) is 28.6 Å². The molecule has 1 fully saturated rings. The van der Waals surface area contributed by atoms with Gasteiger partial charge in [-0.3, -0.25) is 0 Å². The van der Waals surface area contributed by atoms with Crippen molar-refractivity contribution in [3.8, 4) is 5.75 Å². The first-order chi connectivity index (χ1) is 9.56. The molecule has 0 aliphatic heterocycles. The highest BCUT2D eigenvalue weighted by molar-refractivity contribution is 5.40. The number of hydrogen-bond acceptors (Lipinski definition) is 6. The molecule has 3 unspecified atom stereocenters. The van der Waals surface area contributed by atoms with Crippen LogP contribution in [0.2, 0.25) is 0 Å². The van der Waals surface area contributed by atoms with Gasteiger partial charge in [0.05, 0.1) is 0 Å². The second-order valence-corrected chi connectivity index (χ2v) is 4.79. The number of hydrogen-bond donors (Lipinski definition) is 1. The Bertz CT molecular complexity index is 495. The zero-order valence-electron chi connectivity index (χ0n) is 11.8. The molecule has 20 heavy (non-hydrogen) atoms. The Labute approximate surface area is 117 Å². The highest BCUT2D eigenvalue weighted by Gasteiger charge is 2.43. The van der Waals surface area contributed by atoms with Crippen LogP contribution in [-0.4, -0.2) is 41.8 Å². The fraction of sp³-hybridized carbons (Fsp3) is 0.615. The number of nitro groups is 1. The van der Waals surface area contributed by atoms with Gasteiger partial charge in [0.25, 0.3) is 0 Å².